The summed E-state index contributed by atoms with van der Waals surface area (Å²) in [6.45, 7) is 0. The van der Waals surface area contributed by atoms with E-state index < -0.39 is 55.9 Å². The lowest BCUT2D eigenvalue weighted by Gasteiger charge is -2.64. The second-order valence-corrected chi connectivity index (χ2v) is 22.0. The Hall–Kier alpha value is -4.16. The fraction of sp³-hybridized carbons (Fsp3) is 0.0769. The lowest BCUT2D eigenvalue weighted by atomic mass is 10.3. The van der Waals surface area contributed by atoms with Crippen LogP contribution in [0.15, 0.2) is 211 Å². The molecule has 0 aliphatic rings. The molecule has 0 atom stereocenters. The monoisotopic (exact) mass is 728 g/mol. The normalized spacial score (nSPS) is 13.4. The molecule has 0 aliphatic carbocycles. The van der Waals surface area contributed by atoms with Crippen molar-refractivity contribution in [3.63, 3.8) is 0 Å². The SMILES string of the molecule is O=S(=O)(O)CCC(S(c1ccccc1)(c1ccccc1)c1ccccc1)(S(c1ccccc1)(c1ccccc1)c1ccccc1)S(=O)(=O)O. The van der Waals surface area contributed by atoms with Crippen LogP contribution in [0.1, 0.15) is 6.42 Å². The first kappa shape index (κ1) is 34.7. The maximum absolute atomic E-state index is 15.4. The first-order chi connectivity index (χ1) is 23.6. The van der Waals surface area contributed by atoms with E-state index in [2.05, 4.69) is 0 Å². The first-order valence-electron chi connectivity index (χ1n) is 15.5. The Bertz CT molecular complexity index is 1880. The van der Waals surface area contributed by atoms with Crippen LogP contribution in [0.2, 0.25) is 0 Å². The van der Waals surface area contributed by atoms with Gasteiger partial charge in [0.2, 0.25) is 0 Å². The summed E-state index contributed by atoms with van der Waals surface area (Å²) < 4.78 is 77.5. The van der Waals surface area contributed by atoms with Gasteiger partial charge in [0.1, 0.15) is 0 Å². The van der Waals surface area contributed by atoms with Gasteiger partial charge in [-0.3, -0.25) is 9.11 Å². The van der Waals surface area contributed by atoms with E-state index in [1.54, 1.807) is 0 Å². The van der Waals surface area contributed by atoms with E-state index in [1.807, 2.05) is 182 Å². The van der Waals surface area contributed by atoms with Crippen LogP contribution in [0.25, 0.3) is 0 Å². The summed E-state index contributed by atoms with van der Waals surface area (Å²) >= 11 is 0. The molecule has 0 saturated heterocycles. The van der Waals surface area contributed by atoms with Crippen molar-refractivity contribution >= 4 is 40.3 Å². The van der Waals surface area contributed by atoms with Crippen molar-refractivity contribution in [2.75, 3.05) is 5.75 Å². The van der Waals surface area contributed by atoms with E-state index >= 15 is 8.42 Å². The molecular formula is C39H36O6S4. The average molecular weight is 729 g/mol. The molecule has 0 saturated carbocycles. The summed E-state index contributed by atoms with van der Waals surface area (Å²) in [6, 6.07) is 55.2. The van der Waals surface area contributed by atoms with Crippen LogP contribution in [0, 0.1) is 0 Å². The van der Waals surface area contributed by atoms with Gasteiger partial charge in [-0.1, -0.05) is 109 Å². The minimum Gasteiger partial charge on any atom is -0.286 e. The van der Waals surface area contributed by atoms with Gasteiger partial charge in [0.25, 0.3) is 20.2 Å². The molecule has 0 unspecified atom stereocenters. The largest absolute Gasteiger partial charge is 0.288 e. The van der Waals surface area contributed by atoms with Gasteiger partial charge in [-0.05, 0) is 72.8 Å². The molecule has 10 heteroatoms. The van der Waals surface area contributed by atoms with Crippen LogP contribution in [0.4, 0.5) is 0 Å². The van der Waals surface area contributed by atoms with Crippen molar-refractivity contribution in [2.24, 2.45) is 0 Å². The molecule has 0 radical (unpaired) electrons. The second-order valence-electron chi connectivity index (χ2n) is 11.3. The minimum absolute atomic E-state index is 0.597. The third-order valence-corrected chi connectivity index (χ3v) is 22.7. The summed E-state index contributed by atoms with van der Waals surface area (Å²) in [5, 5.41) is 0. The molecule has 252 valence electrons. The third-order valence-electron chi connectivity index (χ3n) is 8.57. The number of hydrogen-bond acceptors (Lipinski definition) is 4. The molecule has 0 aliphatic heterocycles. The highest BCUT2D eigenvalue weighted by Crippen LogP contribution is 2.93. The van der Waals surface area contributed by atoms with Crippen LogP contribution in [-0.4, -0.2) is 35.1 Å². The van der Waals surface area contributed by atoms with E-state index in [1.165, 1.54) is 0 Å². The highest BCUT2D eigenvalue weighted by molar-refractivity contribution is 8.57. The summed E-state index contributed by atoms with van der Waals surface area (Å²) in [6.07, 6.45) is -0.646. The Morgan fingerprint density at radius 3 is 0.735 bits per heavy atom. The highest BCUT2D eigenvalue weighted by Gasteiger charge is 2.69. The fourth-order valence-electron chi connectivity index (χ4n) is 6.83. The molecule has 6 aromatic rings. The Kier molecular flexibility index (Phi) is 9.90. The zero-order valence-electron chi connectivity index (χ0n) is 26.4. The predicted octanol–water partition coefficient (Wildman–Crippen LogP) is 9.77. The van der Waals surface area contributed by atoms with E-state index in [0.29, 0.717) is 29.4 Å². The van der Waals surface area contributed by atoms with Crippen LogP contribution in [0.3, 0.4) is 0 Å². The molecule has 0 fully saturated rings. The van der Waals surface area contributed by atoms with Crippen molar-refractivity contribution in [2.45, 2.75) is 39.2 Å². The number of benzene rings is 6. The van der Waals surface area contributed by atoms with Crippen molar-refractivity contribution in [3.05, 3.63) is 182 Å². The molecule has 6 rings (SSSR count). The smallest absolute Gasteiger partial charge is 0.286 e. The van der Waals surface area contributed by atoms with Crippen molar-refractivity contribution in [1.82, 2.24) is 0 Å². The quantitative estimate of drug-likeness (QED) is 0.122. The fourth-order valence-corrected chi connectivity index (χ4v) is 23.6. The highest BCUT2D eigenvalue weighted by atomic mass is 32.4. The maximum Gasteiger partial charge on any atom is 0.288 e. The van der Waals surface area contributed by atoms with Crippen LogP contribution in [-0.2, 0) is 20.2 Å². The van der Waals surface area contributed by atoms with Gasteiger partial charge >= 0.3 is 0 Å². The summed E-state index contributed by atoms with van der Waals surface area (Å²) in [5.74, 6) is -0.935. The van der Waals surface area contributed by atoms with Crippen molar-refractivity contribution in [1.29, 1.82) is 0 Å². The first-order valence-corrected chi connectivity index (χ1v) is 21.8. The Morgan fingerprint density at radius 2 is 0.571 bits per heavy atom. The maximum atomic E-state index is 15.4. The molecule has 0 amide bonds. The molecule has 6 nitrogen and oxygen atoms in total. The van der Waals surface area contributed by atoms with Crippen LogP contribution in [0.5, 0.6) is 0 Å². The van der Waals surface area contributed by atoms with Crippen LogP contribution >= 0.6 is 20.1 Å². The van der Waals surface area contributed by atoms with Gasteiger partial charge in [0.15, 0.2) is 3.41 Å². The van der Waals surface area contributed by atoms with Crippen LogP contribution < -0.4 is 0 Å². The summed E-state index contributed by atoms with van der Waals surface area (Å²) in [7, 11) is -16.7. The van der Waals surface area contributed by atoms with E-state index in [4.69, 9.17) is 0 Å². The second kappa shape index (κ2) is 14.0. The van der Waals surface area contributed by atoms with Gasteiger partial charge in [0.05, 0.1) is 5.75 Å². The molecule has 0 aromatic heterocycles. The van der Waals surface area contributed by atoms with Gasteiger partial charge in [-0.25, -0.2) is 0 Å². The van der Waals surface area contributed by atoms with Gasteiger partial charge < -0.3 is 0 Å². The zero-order chi connectivity index (χ0) is 34.6. The Morgan fingerprint density at radius 1 is 0.367 bits per heavy atom. The number of rotatable bonds is 12. The van der Waals surface area contributed by atoms with Gasteiger partial charge in [0, 0.05) is 35.8 Å². The van der Waals surface area contributed by atoms with E-state index in [0.717, 1.165) is 0 Å². The van der Waals surface area contributed by atoms with Crippen molar-refractivity contribution in [3.8, 4) is 0 Å². The number of hydrogen-bond donors (Lipinski definition) is 2. The third kappa shape index (κ3) is 5.92. The topological polar surface area (TPSA) is 109 Å². The van der Waals surface area contributed by atoms with Gasteiger partial charge in [-0.15, -0.1) is 20.1 Å². The molecule has 0 spiro atoms. The minimum atomic E-state index is -5.35. The summed E-state index contributed by atoms with van der Waals surface area (Å²) in [4.78, 5) is 3.58. The Balaban J connectivity index is 2.04. The molecular weight excluding hydrogens is 693 g/mol. The van der Waals surface area contributed by atoms with E-state index in [9.17, 15) is 17.5 Å². The van der Waals surface area contributed by atoms with Gasteiger partial charge in [-0.2, -0.15) is 16.8 Å². The lowest BCUT2D eigenvalue weighted by molar-refractivity contribution is 0.468. The summed E-state index contributed by atoms with van der Waals surface area (Å²) in [5.41, 5.74) is 0. The molecule has 0 bridgehead atoms. The molecule has 0 heterocycles. The predicted molar refractivity (Wildman–Crippen MR) is 199 cm³/mol. The zero-order valence-corrected chi connectivity index (χ0v) is 29.7. The van der Waals surface area contributed by atoms with E-state index in [-0.39, 0.29) is 0 Å². The van der Waals surface area contributed by atoms with Crippen molar-refractivity contribution < 1.29 is 25.9 Å². The Labute approximate surface area is 291 Å². The molecule has 49 heavy (non-hydrogen) atoms. The average Bonchev–Trinajstić information content (AvgIpc) is 3.13. The molecule has 6 aromatic carbocycles. The molecule has 2 N–H and O–H groups in total. The standard InChI is InChI=1S/C39H36O6S4/c40-46(41,42)32-31-39(49(43,44)45,47(33-19-7-1-8-20-33,34-21-9-2-10-22-34)35-23-11-3-12-24-35)48(36-25-13-4-14-26-36,37-27-15-5-16-28-37)38-29-17-6-18-30-38/h1-30H,31-32H2,(H,40,41,42)(H,43,44,45). The lowest BCUT2D eigenvalue weighted by Crippen LogP contribution is -2.49.